The van der Waals surface area contributed by atoms with E-state index in [1.54, 1.807) is 0 Å². The molecular weight excluding hydrogens is 186 g/mol. The van der Waals surface area contributed by atoms with Crippen molar-refractivity contribution in [2.45, 2.75) is 26.3 Å². The number of unbranched alkanes of at least 4 members (excludes halogenated alkanes) is 1. The molecule has 82 valence electrons. The summed E-state index contributed by atoms with van der Waals surface area (Å²) in [5.74, 6) is 0.160. The topological polar surface area (TPSA) is 53.1 Å². The minimum atomic E-state index is 0.160. The molecule has 0 saturated carbocycles. The van der Waals surface area contributed by atoms with Crippen LogP contribution in [0.15, 0.2) is 30.3 Å². The van der Waals surface area contributed by atoms with Crippen molar-refractivity contribution in [3.8, 4) is 0 Å². The number of benzene rings is 1. The van der Waals surface area contributed by atoms with Gasteiger partial charge in [0, 0.05) is 13.1 Å². The first kappa shape index (κ1) is 11.6. The third kappa shape index (κ3) is 4.02. The fourth-order valence-electron chi connectivity index (χ4n) is 1.44. The van der Waals surface area contributed by atoms with E-state index in [1.165, 1.54) is 5.56 Å². The minimum absolute atomic E-state index is 0.160. The molecule has 0 aromatic heterocycles. The number of hydrogen-bond donors (Lipinski definition) is 2. The third-order valence-corrected chi connectivity index (χ3v) is 2.34. The summed E-state index contributed by atoms with van der Waals surface area (Å²) in [6.45, 7) is 3.73. The molecule has 0 atom stereocenters. The van der Waals surface area contributed by atoms with Crippen molar-refractivity contribution in [3.05, 3.63) is 35.9 Å². The number of rotatable bonds is 5. The second kappa shape index (κ2) is 6.06. The van der Waals surface area contributed by atoms with Gasteiger partial charge in [0.1, 0.15) is 0 Å². The van der Waals surface area contributed by atoms with Crippen molar-refractivity contribution in [3.63, 3.8) is 0 Å². The molecule has 0 aliphatic carbocycles. The molecule has 0 aliphatic rings. The summed E-state index contributed by atoms with van der Waals surface area (Å²) >= 11 is 0. The monoisotopic (exact) mass is 205 g/mol. The molecular formula is C12H19N3. The van der Waals surface area contributed by atoms with Gasteiger partial charge in [-0.2, -0.15) is 0 Å². The Bertz CT molecular complexity index is 295. The van der Waals surface area contributed by atoms with Gasteiger partial charge in [0.2, 0.25) is 0 Å². The molecule has 0 bridgehead atoms. The van der Waals surface area contributed by atoms with Crippen molar-refractivity contribution in [2.24, 2.45) is 5.73 Å². The molecule has 0 aliphatic heterocycles. The highest BCUT2D eigenvalue weighted by atomic mass is 15.2. The Morgan fingerprint density at radius 1 is 1.33 bits per heavy atom. The summed E-state index contributed by atoms with van der Waals surface area (Å²) in [7, 11) is 0. The van der Waals surface area contributed by atoms with Gasteiger partial charge in [-0.15, -0.1) is 0 Å². The van der Waals surface area contributed by atoms with Crippen LogP contribution in [0.1, 0.15) is 25.3 Å². The SMILES string of the molecule is CCCCN(Cc1ccccc1)C(=N)N. The van der Waals surface area contributed by atoms with Gasteiger partial charge in [0.05, 0.1) is 0 Å². The van der Waals surface area contributed by atoms with Gasteiger partial charge in [0.25, 0.3) is 0 Å². The smallest absolute Gasteiger partial charge is 0.188 e. The van der Waals surface area contributed by atoms with E-state index in [-0.39, 0.29) is 5.96 Å². The molecule has 0 radical (unpaired) electrons. The molecule has 0 amide bonds. The first-order chi connectivity index (χ1) is 7.24. The van der Waals surface area contributed by atoms with E-state index in [1.807, 2.05) is 23.1 Å². The molecule has 1 aromatic rings. The first-order valence-electron chi connectivity index (χ1n) is 5.37. The van der Waals surface area contributed by atoms with Crippen LogP contribution in [0.2, 0.25) is 0 Å². The molecule has 3 N–H and O–H groups in total. The average molecular weight is 205 g/mol. The number of guanidine groups is 1. The van der Waals surface area contributed by atoms with E-state index in [0.717, 1.165) is 25.9 Å². The Balaban J connectivity index is 2.55. The lowest BCUT2D eigenvalue weighted by atomic mass is 10.2. The van der Waals surface area contributed by atoms with Gasteiger partial charge < -0.3 is 10.6 Å². The lowest BCUT2D eigenvalue weighted by Crippen LogP contribution is -2.36. The molecule has 3 heteroatoms. The molecule has 0 saturated heterocycles. The first-order valence-corrected chi connectivity index (χ1v) is 5.37. The van der Waals surface area contributed by atoms with E-state index in [2.05, 4.69) is 19.1 Å². The minimum Gasteiger partial charge on any atom is -0.370 e. The summed E-state index contributed by atoms with van der Waals surface area (Å²) < 4.78 is 0. The lowest BCUT2D eigenvalue weighted by molar-refractivity contribution is 0.395. The van der Waals surface area contributed by atoms with E-state index in [9.17, 15) is 0 Å². The largest absolute Gasteiger partial charge is 0.370 e. The molecule has 15 heavy (non-hydrogen) atoms. The van der Waals surface area contributed by atoms with E-state index >= 15 is 0 Å². The predicted molar refractivity (Wildman–Crippen MR) is 63.7 cm³/mol. The predicted octanol–water partition coefficient (Wildman–Crippen LogP) is 2.18. The fraction of sp³-hybridized carbons (Fsp3) is 0.417. The van der Waals surface area contributed by atoms with Crippen LogP contribution in [-0.4, -0.2) is 17.4 Å². The van der Waals surface area contributed by atoms with Crippen LogP contribution >= 0.6 is 0 Å². The van der Waals surface area contributed by atoms with E-state index in [0.29, 0.717) is 0 Å². The van der Waals surface area contributed by atoms with Crippen molar-refractivity contribution >= 4 is 5.96 Å². The van der Waals surface area contributed by atoms with Crippen LogP contribution in [0, 0.1) is 5.41 Å². The molecule has 0 spiro atoms. The highest BCUT2D eigenvalue weighted by Crippen LogP contribution is 2.05. The standard InChI is InChI=1S/C12H19N3/c1-2-3-9-15(12(13)14)10-11-7-5-4-6-8-11/h4-8H,2-3,9-10H2,1H3,(H3,13,14). The maximum Gasteiger partial charge on any atom is 0.188 e. The van der Waals surface area contributed by atoms with Crippen LogP contribution in [0.3, 0.4) is 0 Å². The normalized spacial score (nSPS) is 9.93. The molecule has 3 nitrogen and oxygen atoms in total. The molecule has 1 rings (SSSR count). The van der Waals surface area contributed by atoms with Crippen molar-refractivity contribution in [2.75, 3.05) is 6.54 Å². The Labute approximate surface area is 91.4 Å². The van der Waals surface area contributed by atoms with Crippen molar-refractivity contribution < 1.29 is 0 Å². The highest BCUT2D eigenvalue weighted by molar-refractivity contribution is 5.74. The Morgan fingerprint density at radius 3 is 2.53 bits per heavy atom. The zero-order valence-electron chi connectivity index (χ0n) is 9.24. The fourth-order valence-corrected chi connectivity index (χ4v) is 1.44. The second-order valence-corrected chi connectivity index (χ2v) is 3.65. The maximum atomic E-state index is 7.48. The van der Waals surface area contributed by atoms with E-state index in [4.69, 9.17) is 11.1 Å². The van der Waals surface area contributed by atoms with Crippen LogP contribution < -0.4 is 5.73 Å². The van der Waals surface area contributed by atoms with Gasteiger partial charge in [-0.25, -0.2) is 0 Å². The van der Waals surface area contributed by atoms with Gasteiger partial charge in [0.15, 0.2) is 5.96 Å². The van der Waals surface area contributed by atoms with Gasteiger partial charge >= 0.3 is 0 Å². The summed E-state index contributed by atoms with van der Waals surface area (Å²) in [6, 6.07) is 10.1. The lowest BCUT2D eigenvalue weighted by Gasteiger charge is -2.22. The third-order valence-electron chi connectivity index (χ3n) is 2.34. The van der Waals surface area contributed by atoms with Gasteiger partial charge in [-0.1, -0.05) is 43.7 Å². The van der Waals surface area contributed by atoms with Crippen LogP contribution in [0.4, 0.5) is 0 Å². The van der Waals surface area contributed by atoms with Crippen LogP contribution in [0.5, 0.6) is 0 Å². The quantitative estimate of drug-likeness (QED) is 0.572. The van der Waals surface area contributed by atoms with E-state index < -0.39 is 0 Å². The zero-order valence-corrected chi connectivity index (χ0v) is 9.24. The van der Waals surface area contributed by atoms with Crippen LogP contribution in [0.25, 0.3) is 0 Å². The number of nitrogens with two attached hydrogens (primary N) is 1. The number of nitrogens with zero attached hydrogens (tertiary/aromatic N) is 1. The second-order valence-electron chi connectivity index (χ2n) is 3.65. The Kier molecular flexibility index (Phi) is 4.68. The maximum absolute atomic E-state index is 7.48. The Morgan fingerprint density at radius 2 is 2.00 bits per heavy atom. The average Bonchev–Trinajstić information content (AvgIpc) is 2.25. The molecule has 0 fully saturated rings. The summed E-state index contributed by atoms with van der Waals surface area (Å²) in [5, 5.41) is 7.48. The van der Waals surface area contributed by atoms with Gasteiger partial charge in [-0.05, 0) is 12.0 Å². The summed E-state index contributed by atoms with van der Waals surface area (Å²) in [6.07, 6.45) is 2.20. The number of hydrogen-bond acceptors (Lipinski definition) is 1. The zero-order chi connectivity index (χ0) is 11.1. The van der Waals surface area contributed by atoms with Crippen LogP contribution in [-0.2, 0) is 6.54 Å². The molecule has 0 unspecified atom stereocenters. The highest BCUT2D eigenvalue weighted by Gasteiger charge is 2.05. The van der Waals surface area contributed by atoms with Gasteiger partial charge in [-0.3, -0.25) is 5.41 Å². The summed E-state index contributed by atoms with van der Waals surface area (Å²) in [5.41, 5.74) is 6.73. The summed E-state index contributed by atoms with van der Waals surface area (Å²) in [4.78, 5) is 1.90. The number of nitrogens with one attached hydrogen (secondary N) is 1. The molecule has 0 heterocycles. The van der Waals surface area contributed by atoms with Crippen molar-refractivity contribution in [1.29, 1.82) is 5.41 Å². The van der Waals surface area contributed by atoms with Crippen molar-refractivity contribution in [1.82, 2.24) is 4.90 Å². The molecule has 1 aromatic carbocycles. The Hall–Kier alpha value is -1.51.